The molecule has 0 unspecified atom stereocenters. The number of aryl methyl sites for hydroxylation is 2. The number of hydrogen-bond donors (Lipinski definition) is 1. The molecule has 2 heterocycles. The summed E-state index contributed by atoms with van der Waals surface area (Å²) in [5.74, 6) is 0.774. The van der Waals surface area contributed by atoms with Gasteiger partial charge >= 0.3 is 0 Å². The lowest BCUT2D eigenvalue weighted by atomic mass is 10.0. The number of hydrogen-bond acceptors (Lipinski definition) is 5. The maximum Gasteiger partial charge on any atom is 0.252 e. The van der Waals surface area contributed by atoms with Crippen molar-refractivity contribution in [1.29, 1.82) is 0 Å². The summed E-state index contributed by atoms with van der Waals surface area (Å²) in [6, 6.07) is 13.9. The van der Waals surface area contributed by atoms with Gasteiger partial charge in [-0.1, -0.05) is 48.4 Å². The predicted molar refractivity (Wildman–Crippen MR) is 141 cm³/mol. The van der Waals surface area contributed by atoms with Gasteiger partial charge in [0.1, 0.15) is 0 Å². The van der Waals surface area contributed by atoms with Crippen molar-refractivity contribution in [3.8, 4) is 0 Å². The zero-order valence-corrected chi connectivity index (χ0v) is 22.0. The van der Waals surface area contributed by atoms with Gasteiger partial charge in [0.25, 0.3) is 5.56 Å². The second kappa shape index (κ2) is 9.91. The molecule has 4 rings (SSSR count). The molecule has 0 aliphatic rings. The molecule has 0 radical (unpaired) electrons. The third-order valence-electron chi connectivity index (χ3n) is 6.33. The summed E-state index contributed by atoms with van der Waals surface area (Å²) in [5, 5.41) is 14.4. The highest BCUT2D eigenvalue weighted by molar-refractivity contribution is 6.31. The Morgan fingerprint density at radius 3 is 2.49 bits per heavy atom. The molecule has 7 nitrogen and oxygen atoms in total. The Balaban J connectivity index is 1.81. The molecule has 4 aromatic rings. The number of nitrogens with zero attached hydrogens (tertiary/aromatic N) is 5. The fraction of sp³-hybridized carbons (Fsp3) is 0.407. The van der Waals surface area contributed by atoms with E-state index < -0.39 is 0 Å². The van der Waals surface area contributed by atoms with Gasteiger partial charge in [-0.3, -0.25) is 9.69 Å². The van der Waals surface area contributed by atoms with Crippen LogP contribution in [-0.4, -0.2) is 30.1 Å². The molecule has 0 aliphatic heterocycles. The highest BCUT2D eigenvalue weighted by Gasteiger charge is 2.30. The van der Waals surface area contributed by atoms with E-state index in [1.54, 1.807) is 0 Å². The van der Waals surface area contributed by atoms with Gasteiger partial charge in [-0.2, -0.15) is 0 Å². The normalized spacial score (nSPS) is 13.0. The first kappa shape index (κ1) is 25.1. The number of rotatable bonds is 7. The molecule has 0 amide bonds. The van der Waals surface area contributed by atoms with Crippen molar-refractivity contribution in [1.82, 2.24) is 30.1 Å². The van der Waals surface area contributed by atoms with Gasteiger partial charge in [-0.05, 0) is 86.2 Å². The standard InChI is InChI=1S/C27H33ClN6O/c1-7-23(25-30-31-32-34(25)27(4,5)6)33(15-19-10-8-9-11-22(19)28)16-21-14-20-13-17(2)12-18(3)24(20)29-26(21)35/h8-14,23H,7,15-16H2,1-6H3,(H,29,35)/t23-/m1/s1. The molecule has 1 N–H and O–H groups in total. The van der Waals surface area contributed by atoms with Crippen LogP contribution in [0.4, 0.5) is 0 Å². The van der Waals surface area contributed by atoms with Crippen molar-refractivity contribution in [3.05, 3.63) is 85.9 Å². The van der Waals surface area contributed by atoms with E-state index in [0.717, 1.165) is 39.8 Å². The van der Waals surface area contributed by atoms with Crippen LogP contribution >= 0.6 is 11.6 Å². The Bertz CT molecular complexity index is 1400. The zero-order chi connectivity index (χ0) is 25.3. The first-order valence-electron chi connectivity index (χ1n) is 12.0. The fourth-order valence-corrected chi connectivity index (χ4v) is 4.87. The average molecular weight is 493 g/mol. The summed E-state index contributed by atoms with van der Waals surface area (Å²) in [4.78, 5) is 18.5. The van der Waals surface area contributed by atoms with Gasteiger partial charge in [-0.25, -0.2) is 4.68 Å². The Morgan fingerprint density at radius 2 is 1.80 bits per heavy atom. The minimum atomic E-state index is -0.280. The van der Waals surface area contributed by atoms with Crippen molar-refractivity contribution < 1.29 is 0 Å². The van der Waals surface area contributed by atoms with Gasteiger partial charge in [0.2, 0.25) is 0 Å². The van der Waals surface area contributed by atoms with E-state index >= 15 is 0 Å². The number of aromatic nitrogens is 5. The van der Waals surface area contributed by atoms with Gasteiger partial charge in [0.15, 0.2) is 5.82 Å². The predicted octanol–water partition coefficient (Wildman–Crippen LogP) is 5.69. The highest BCUT2D eigenvalue weighted by Crippen LogP contribution is 2.30. The average Bonchev–Trinajstić information content (AvgIpc) is 3.27. The van der Waals surface area contributed by atoms with Crippen LogP contribution in [0, 0.1) is 13.8 Å². The van der Waals surface area contributed by atoms with Gasteiger partial charge in [-0.15, -0.1) is 5.10 Å². The molecule has 1 atom stereocenters. The maximum absolute atomic E-state index is 13.2. The fourth-order valence-electron chi connectivity index (χ4n) is 4.67. The van der Waals surface area contributed by atoms with Crippen LogP contribution in [0.2, 0.25) is 5.02 Å². The molecular weight excluding hydrogens is 460 g/mol. The second-order valence-electron chi connectivity index (χ2n) is 10.2. The summed E-state index contributed by atoms with van der Waals surface area (Å²) in [7, 11) is 0. The van der Waals surface area contributed by atoms with E-state index in [2.05, 4.69) is 72.2 Å². The van der Waals surface area contributed by atoms with Gasteiger partial charge in [0, 0.05) is 23.7 Å². The van der Waals surface area contributed by atoms with Crippen molar-refractivity contribution in [2.24, 2.45) is 0 Å². The number of halogens is 1. The summed E-state index contributed by atoms with van der Waals surface area (Å²) in [6.45, 7) is 13.4. The lowest BCUT2D eigenvalue weighted by Gasteiger charge is -2.32. The Labute approximate surface area is 211 Å². The van der Waals surface area contributed by atoms with Gasteiger partial charge in [0.05, 0.1) is 17.1 Å². The third kappa shape index (κ3) is 5.31. The molecule has 8 heteroatoms. The molecule has 184 valence electrons. The first-order valence-corrected chi connectivity index (χ1v) is 12.4. The molecule has 0 aliphatic carbocycles. The number of pyridine rings is 1. The molecule has 0 saturated carbocycles. The largest absolute Gasteiger partial charge is 0.321 e. The lowest BCUT2D eigenvalue weighted by molar-refractivity contribution is 0.153. The van der Waals surface area contributed by atoms with Crippen LogP contribution in [0.5, 0.6) is 0 Å². The van der Waals surface area contributed by atoms with E-state index in [0.29, 0.717) is 23.7 Å². The van der Waals surface area contributed by atoms with Crippen LogP contribution in [0.15, 0.2) is 47.3 Å². The number of fused-ring (bicyclic) bond motifs is 1. The summed E-state index contributed by atoms with van der Waals surface area (Å²) < 4.78 is 1.87. The number of H-pyrrole nitrogens is 1. The molecule has 2 aromatic heterocycles. The van der Waals surface area contributed by atoms with Crippen molar-refractivity contribution in [2.45, 2.75) is 72.6 Å². The Hall–Kier alpha value is -3.03. The topological polar surface area (TPSA) is 79.7 Å². The molecule has 0 saturated heterocycles. The molecule has 0 bridgehead atoms. The first-order chi connectivity index (χ1) is 16.6. The maximum atomic E-state index is 13.2. The van der Waals surface area contributed by atoms with E-state index in [4.69, 9.17) is 11.6 Å². The Morgan fingerprint density at radius 1 is 1.09 bits per heavy atom. The van der Waals surface area contributed by atoms with Crippen LogP contribution in [0.25, 0.3) is 10.9 Å². The summed E-state index contributed by atoms with van der Waals surface area (Å²) >= 11 is 6.55. The highest BCUT2D eigenvalue weighted by atomic mass is 35.5. The Kier molecular flexibility index (Phi) is 7.10. The second-order valence-corrected chi connectivity index (χ2v) is 10.6. The molecular formula is C27H33ClN6O. The summed E-state index contributed by atoms with van der Waals surface area (Å²) in [6.07, 6.45) is 0.768. The monoisotopic (exact) mass is 492 g/mol. The lowest BCUT2D eigenvalue weighted by Crippen LogP contribution is -2.35. The SMILES string of the molecule is CC[C@H](c1nnnn1C(C)(C)C)N(Cc1ccccc1Cl)Cc1cc2cc(C)cc(C)c2[nH]c1=O. The zero-order valence-electron chi connectivity index (χ0n) is 21.3. The smallest absolute Gasteiger partial charge is 0.252 e. The minimum Gasteiger partial charge on any atom is -0.321 e. The van der Waals surface area contributed by atoms with Crippen LogP contribution < -0.4 is 5.56 Å². The number of tetrazole rings is 1. The quantitative estimate of drug-likeness (QED) is 0.358. The van der Waals surface area contributed by atoms with Crippen LogP contribution in [-0.2, 0) is 18.6 Å². The minimum absolute atomic E-state index is 0.0844. The van der Waals surface area contributed by atoms with Gasteiger partial charge < -0.3 is 4.98 Å². The van der Waals surface area contributed by atoms with E-state index in [1.165, 1.54) is 0 Å². The molecule has 2 aromatic carbocycles. The van der Waals surface area contributed by atoms with E-state index in [1.807, 2.05) is 41.9 Å². The van der Waals surface area contributed by atoms with Crippen LogP contribution in [0.3, 0.4) is 0 Å². The number of aromatic amines is 1. The van der Waals surface area contributed by atoms with Crippen LogP contribution in [0.1, 0.15) is 68.2 Å². The van der Waals surface area contributed by atoms with Crippen molar-refractivity contribution in [3.63, 3.8) is 0 Å². The van der Waals surface area contributed by atoms with Crippen molar-refractivity contribution in [2.75, 3.05) is 0 Å². The molecule has 0 spiro atoms. The third-order valence-corrected chi connectivity index (χ3v) is 6.70. The molecule has 0 fully saturated rings. The summed E-state index contributed by atoms with van der Waals surface area (Å²) in [5.41, 5.74) is 4.43. The van der Waals surface area contributed by atoms with E-state index in [-0.39, 0.29) is 17.1 Å². The van der Waals surface area contributed by atoms with Crippen molar-refractivity contribution >= 4 is 22.5 Å². The molecule has 35 heavy (non-hydrogen) atoms. The van der Waals surface area contributed by atoms with E-state index in [9.17, 15) is 4.79 Å². The number of nitrogens with one attached hydrogen (secondary N) is 1. The number of benzene rings is 2.